The zero-order chi connectivity index (χ0) is 20.6. The standard InChI is InChI=1S/C25H28N4O/c30-25(20-28-15-17-29(18-16-28)24-13-7-8-14-26-24)27-23(22-11-5-2-6-12-22)19-21-9-3-1-4-10-21/h1-14,23H,15-20H2,(H,27,30)/p+2/t23-/m0/s1. The van der Waals surface area contributed by atoms with E-state index in [1.54, 1.807) is 0 Å². The van der Waals surface area contributed by atoms with E-state index in [4.69, 9.17) is 0 Å². The number of nitrogens with zero attached hydrogens (tertiary/aromatic N) is 1. The third-order valence-electron chi connectivity index (χ3n) is 5.73. The van der Waals surface area contributed by atoms with Gasteiger partial charge in [-0.25, -0.2) is 4.98 Å². The molecule has 0 unspecified atom stereocenters. The topological polar surface area (TPSA) is 50.9 Å². The van der Waals surface area contributed by atoms with E-state index in [-0.39, 0.29) is 11.9 Å². The number of aromatic nitrogens is 1. The fourth-order valence-electron chi connectivity index (χ4n) is 4.08. The molecule has 2 heterocycles. The van der Waals surface area contributed by atoms with Crippen molar-refractivity contribution in [3.63, 3.8) is 0 Å². The van der Waals surface area contributed by atoms with Crippen LogP contribution in [0.15, 0.2) is 85.1 Å². The SMILES string of the molecule is O=C(C[NH+]1CCN(c2cccc[nH+]2)CC1)N[C@@H](Cc1ccccc1)c1ccccc1. The second-order valence-corrected chi connectivity index (χ2v) is 7.88. The van der Waals surface area contributed by atoms with Gasteiger partial charge < -0.3 is 10.2 Å². The molecule has 5 nitrogen and oxygen atoms in total. The van der Waals surface area contributed by atoms with E-state index in [0.717, 1.165) is 44.0 Å². The maximum Gasteiger partial charge on any atom is 0.275 e. The van der Waals surface area contributed by atoms with Crippen LogP contribution in [0.1, 0.15) is 17.2 Å². The Hall–Kier alpha value is -3.18. The Morgan fingerprint density at radius 2 is 1.60 bits per heavy atom. The second kappa shape index (κ2) is 10.0. The van der Waals surface area contributed by atoms with E-state index >= 15 is 0 Å². The summed E-state index contributed by atoms with van der Waals surface area (Å²) < 4.78 is 0. The molecule has 3 N–H and O–H groups in total. The molecule has 1 aromatic heterocycles. The molecule has 0 saturated carbocycles. The van der Waals surface area contributed by atoms with E-state index in [9.17, 15) is 4.79 Å². The van der Waals surface area contributed by atoms with Crippen LogP contribution in [0.5, 0.6) is 0 Å². The monoisotopic (exact) mass is 402 g/mol. The first kappa shape index (κ1) is 20.1. The summed E-state index contributed by atoms with van der Waals surface area (Å²) in [5.41, 5.74) is 2.38. The highest BCUT2D eigenvalue weighted by Gasteiger charge is 2.28. The first-order valence-electron chi connectivity index (χ1n) is 10.7. The van der Waals surface area contributed by atoms with E-state index in [1.807, 2.05) is 48.7 Å². The van der Waals surface area contributed by atoms with Gasteiger partial charge >= 0.3 is 0 Å². The zero-order valence-corrected chi connectivity index (χ0v) is 17.3. The van der Waals surface area contributed by atoms with Crippen LogP contribution in [0.4, 0.5) is 5.82 Å². The van der Waals surface area contributed by atoms with Gasteiger partial charge in [0.1, 0.15) is 26.2 Å². The summed E-state index contributed by atoms with van der Waals surface area (Å²) in [7, 11) is 0. The molecule has 1 aliphatic heterocycles. The van der Waals surface area contributed by atoms with Crippen LogP contribution in [-0.4, -0.2) is 38.6 Å². The molecule has 1 saturated heterocycles. The van der Waals surface area contributed by atoms with Gasteiger partial charge in [-0.3, -0.25) is 9.69 Å². The maximum absolute atomic E-state index is 12.9. The molecular formula is C25H30N4O+2. The third kappa shape index (κ3) is 5.45. The summed E-state index contributed by atoms with van der Waals surface area (Å²) >= 11 is 0. The molecule has 2 aromatic carbocycles. The summed E-state index contributed by atoms with van der Waals surface area (Å²) in [6, 6.07) is 26.8. The van der Waals surface area contributed by atoms with Crippen LogP contribution in [0, 0.1) is 0 Å². The molecule has 1 amide bonds. The summed E-state index contributed by atoms with van der Waals surface area (Å²) in [6.07, 6.45) is 2.75. The van der Waals surface area contributed by atoms with E-state index in [0.29, 0.717) is 6.54 Å². The Balaban J connectivity index is 1.34. The fraction of sp³-hybridized carbons (Fsp3) is 0.280. The molecule has 1 fully saturated rings. The lowest BCUT2D eigenvalue weighted by atomic mass is 9.99. The molecule has 0 spiro atoms. The fourth-order valence-corrected chi connectivity index (χ4v) is 4.08. The Kier molecular flexibility index (Phi) is 6.72. The molecule has 30 heavy (non-hydrogen) atoms. The van der Waals surface area contributed by atoms with Crippen molar-refractivity contribution in [1.29, 1.82) is 0 Å². The molecule has 1 aliphatic rings. The smallest absolute Gasteiger partial charge is 0.275 e. The predicted molar refractivity (Wildman–Crippen MR) is 118 cm³/mol. The van der Waals surface area contributed by atoms with Gasteiger partial charge in [-0.05, 0) is 23.6 Å². The van der Waals surface area contributed by atoms with Crippen molar-refractivity contribution >= 4 is 11.7 Å². The second-order valence-electron chi connectivity index (χ2n) is 7.88. The largest absolute Gasteiger partial charge is 0.344 e. The number of amides is 1. The number of quaternary nitrogens is 1. The highest BCUT2D eigenvalue weighted by atomic mass is 16.2. The summed E-state index contributed by atoms with van der Waals surface area (Å²) in [6.45, 7) is 4.35. The maximum atomic E-state index is 12.9. The number of pyridine rings is 1. The van der Waals surface area contributed by atoms with Gasteiger partial charge in [0.25, 0.3) is 11.7 Å². The van der Waals surface area contributed by atoms with Gasteiger partial charge in [-0.15, -0.1) is 0 Å². The van der Waals surface area contributed by atoms with E-state index < -0.39 is 0 Å². The van der Waals surface area contributed by atoms with Crippen LogP contribution in [-0.2, 0) is 11.2 Å². The average Bonchev–Trinajstić information content (AvgIpc) is 2.81. The quantitative estimate of drug-likeness (QED) is 0.626. The molecule has 0 aliphatic carbocycles. The van der Waals surface area contributed by atoms with Gasteiger partial charge in [-0.1, -0.05) is 66.7 Å². The summed E-state index contributed by atoms with van der Waals surface area (Å²) in [5, 5.41) is 3.29. The molecule has 0 radical (unpaired) electrons. The highest BCUT2D eigenvalue weighted by molar-refractivity contribution is 5.77. The van der Waals surface area contributed by atoms with E-state index in [2.05, 4.69) is 51.6 Å². The minimum Gasteiger partial charge on any atom is -0.344 e. The number of aromatic amines is 1. The van der Waals surface area contributed by atoms with Gasteiger partial charge in [0.2, 0.25) is 0 Å². The number of anilines is 1. The average molecular weight is 403 g/mol. The van der Waals surface area contributed by atoms with Crippen molar-refractivity contribution in [3.05, 3.63) is 96.2 Å². The Morgan fingerprint density at radius 3 is 2.27 bits per heavy atom. The van der Waals surface area contributed by atoms with Crippen molar-refractivity contribution in [1.82, 2.24) is 5.32 Å². The molecule has 4 rings (SSSR count). The minimum absolute atomic E-state index is 0.0132. The summed E-state index contributed by atoms with van der Waals surface area (Å²) in [4.78, 5) is 19.9. The number of rotatable bonds is 7. The van der Waals surface area contributed by atoms with Gasteiger partial charge in [-0.2, -0.15) is 0 Å². The predicted octanol–water partition coefficient (Wildman–Crippen LogP) is 1.31. The van der Waals surface area contributed by atoms with Crippen LogP contribution in [0.2, 0.25) is 0 Å². The number of hydrogen-bond acceptors (Lipinski definition) is 2. The molecule has 1 atom stereocenters. The Morgan fingerprint density at radius 1 is 0.933 bits per heavy atom. The highest BCUT2D eigenvalue weighted by Crippen LogP contribution is 2.18. The first-order valence-corrected chi connectivity index (χ1v) is 10.7. The molecular weight excluding hydrogens is 372 g/mol. The Labute approximate surface area is 178 Å². The van der Waals surface area contributed by atoms with Crippen LogP contribution in [0.25, 0.3) is 0 Å². The molecule has 3 aromatic rings. The normalized spacial score (nSPS) is 15.5. The number of nitrogens with one attached hydrogen (secondary N) is 3. The van der Waals surface area contributed by atoms with Crippen LogP contribution in [0.3, 0.4) is 0 Å². The van der Waals surface area contributed by atoms with Crippen molar-refractivity contribution in [3.8, 4) is 0 Å². The van der Waals surface area contributed by atoms with Crippen LogP contribution < -0.4 is 20.1 Å². The van der Waals surface area contributed by atoms with Crippen LogP contribution >= 0.6 is 0 Å². The zero-order valence-electron chi connectivity index (χ0n) is 17.3. The number of carbonyl (C=O) groups excluding carboxylic acids is 1. The van der Waals surface area contributed by atoms with E-state index in [1.165, 1.54) is 10.5 Å². The molecule has 5 heteroatoms. The van der Waals surface area contributed by atoms with Crippen molar-refractivity contribution in [2.75, 3.05) is 37.6 Å². The lowest BCUT2D eigenvalue weighted by Gasteiger charge is -2.28. The minimum atomic E-state index is -0.0132. The first-order chi connectivity index (χ1) is 14.8. The molecule has 0 bridgehead atoms. The number of benzene rings is 2. The number of hydrogen-bond donors (Lipinski definition) is 2. The lowest BCUT2D eigenvalue weighted by Crippen LogP contribution is -3.16. The number of carbonyl (C=O) groups is 1. The number of piperazine rings is 1. The number of H-pyrrole nitrogens is 1. The summed E-state index contributed by atoms with van der Waals surface area (Å²) in [5.74, 6) is 1.27. The van der Waals surface area contributed by atoms with Gasteiger partial charge in [0, 0.05) is 6.07 Å². The Bertz CT molecular complexity index is 910. The third-order valence-corrected chi connectivity index (χ3v) is 5.73. The van der Waals surface area contributed by atoms with Gasteiger partial charge in [0.15, 0.2) is 6.54 Å². The van der Waals surface area contributed by atoms with Crippen molar-refractivity contribution in [2.45, 2.75) is 12.5 Å². The van der Waals surface area contributed by atoms with Crippen molar-refractivity contribution < 1.29 is 14.7 Å². The lowest BCUT2D eigenvalue weighted by molar-refractivity contribution is -0.892. The van der Waals surface area contributed by atoms with Crippen molar-refractivity contribution in [2.24, 2.45) is 0 Å². The molecule has 154 valence electrons. The van der Waals surface area contributed by atoms with Gasteiger partial charge in [0.05, 0.1) is 12.2 Å².